The minimum atomic E-state index is -0.0224. The lowest BCUT2D eigenvalue weighted by atomic mass is 10.1. The summed E-state index contributed by atoms with van der Waals surface area (Å²) < 4.78 is 0. The van der Waals surface area contributed by atoms with Crippen LogP contribution in [-0.2, 0) is 4.79 Å². The summed E-state index contributed by atoms with van der Waals surface area (Å²) in [6.07, 6.45) is 5.61. The Hall–Kier alpha value is -3.08. The number of nitrogens with one attached hydrogen (secondary N) is 1. The average Bonchev–Trinajstić information content (AvgIpc) is 3.58. The number of rotatable bonds is 5. The van der Waals surface area contributed by atoms with E-state index in [4.69, 9.17) is 0 Å². The van der Waals surface area contributed by atoms with Crippen molar-refractivity contribution in [1.29, 1.82) is 0 Å². The second-order valence-electron chi connectivity index (χ2n) is 8.23. The quantitative estimate of drug-likeness (QED) is 0.777. The Morgan fingerprint density at radius 3 is 2.33 bits per heavy atom. The van der Waals surface area contributed by atoms with Gasteiger partial charge in [0.15, 0.2) is 0 Å². The molecule has 0 aromatic heterocycles. The number of carbonyl (C=O) groups is 2. The third-order valence-electron chi connectivity index (χ3n) is 6.01. The van der Waals surface area contributed by atoms with E-state index in [2.05, 4.69) is 42.3 Å². The summed E-state index contributed by atoms with van der Waals surface area (Å²) in [7, 11) is 0. The second-order valence-corrected chi connectivity index (χ2v) is 8.23. The van der Waals surface area contributed by atoms with Gasteiger partial charge in [-0.05, 0) is 67.7 Å². The lowest BCUT2D eigenvalue weighted by Crippen LogP contribution is -2.48. The standard InChI is InChI=1S/C25H29N3O2/c1-18-4-3-5-23(19(18)2)27-14-16-28(17-15-27)24(29)13-8-20-6-9-21(10-7-20)25(30)26-22-11-12-22/h3-10,13,22H,11-12,14-17H2,1-2H3,(H,26,30)/b13-8+. The first-order valence-corrected chi connectivity index (χ1v) is 10.7. The van der Waals surface area contributed by atoms with Gasteiger partial charge in [0.1, 0.15) is 0 Å². The molecule has 2 amide bonds. The molecule has 5 heteroatoms. The van der Waals surface area contributed by atoms with Crippen molar-refractivity contribution >= 4 is 23.6 Å². The summed E-state index contributed by atoms with van der Waals surface area (Å²) >= 11 is 0. The van der Waals surface area contributed by atoms with Gasteiger partial charge in [0.25, 0.3) is 5.91 Å². The van der Waals surface area contributed by atoms with Crippen LogP contribution in [0.3, 0.4) is 0 Å². The molecule has 2 aliphatic rings. The molecule has 1 heterocycles. The van der Waals surface area contributed by atoms with E-state index in [9.17, 15) is 9.59 Å². The summed E-state index contributed by atoms with van der Waals surface area (Å²) in [5, 5.41) is 2.98. The Bertz CT molecular complexity index is 953. The molecule has 4 rings (SSSR count). The van der Waals surface area contributed by atoms with Gasteiger partial charge in [0, 0.05) is 49.5 Å². The van der Waals surface area contributed by atoms with Gasteiger partial charge in [-0.2, -0.15) is 0 Å². The molecular formula is C25H29N3O2. The second kappa shape index (κ2) is 8.74. The summed E-state index contributed by atoms with van der Waals surface area (Å²) in [4.78, 5) is 28.9. The van der Waals surface area contributed by atoms with E-state index in [0.29, 0.717) is 11.6 Å². The molecule has 5 nitrogen and oxygen atoms in total. The summed E-state index contributed by atoms with van der Waals surface area (Å²) in [5.74, 6) is 0.0111. The van der Waals surface area contributed by atoms with Crippen molar-refractivity contribution in [3.05, 3.63) is 70.8 Å². The number of hydrogen-bond acceptors (Lipinski definition) is 3. The Kier molecular flexibility index (Phi) is 5.88. The molecule has 0 unspecified atom stereocenters. The predicted molar refractivity (Wildman–Crippen MR) is 121 cm³/mol. The summed E-state index contributed by atoms with van der Waals surface area (Å²) in [6.45, 7) is 7.41. The number of hydrogen-bond donors (Lipinski definition) is 1. The zero-order valence-corrected chi connectivity index (χ0v) is 17.7. The molecule has 156 valence electrons. The molecule has 0 atom stereocenters. The highest BCUT2D eigenvalue weighted by Crippen LogP contribution is 2.24. The Labute approximate surface area is 178 Å². The van der Waals surface area contributed by atoms with Crippen molar-refractivity contribution in [2.24, 2.45) is 0 Å². The summed E-state index contributed by atoms with van der Waals surface area (Å²) in [5.41, 5.74) is 5.45. The van der Waals surface area contributed by atoms with Gasteiger partial charge in [-0.3, -0.25) is 9.59 Å². The maximum Gasteiger partial charge on any atom is 0.251 e. The molecule has 1 saturated carbocycles. The fourth-order valence-corrected chi connectivity index (χ4v) is 3.76. The van der Waals surface area contributed by atoms with Crippen LogP contribution in [0.25, 0.3) is 6.08 Å². The normalized spacial score (nSPS) is 16.7. The van der Waals surface area contributed by atoms with E-state index >= 15 is 0 Å². The van der Waals surface area contributed by atoms with E-state index in [1.807, 2.05) is 35.2 Å². The van der Waals surface area contributed by atoms with Crippen LogP contribution in [0.1, 0.15) is 39.9 Å². The molecule has 1 aliphatic carbocycles. The number of nitrogens with zero attached hydrogens (tertiary/aromatic N) is 2. The van der Waals surface area contributed by atoms with Gasteiger partial charge in [-0.15, -0.1) is 0 Å². The van der Waals surface area contributed by atoms with E-state index in [1.165, 1.54) is 16.8 Å². The van der Waals surface area contributed by atoms with Crippen molar-refractivity contribution in [2.75, 3.05) is 31.1 Å². The van der Waals surface area contributed by atoms with E-state index < -0.39 is 0 Å². The van der Waals surface area contributed by atoms with Gasteiger partial charge < -0.3 is 15.1 Å². The van der Waals surface area contributed by atoms with Gasteiger partial charge in [0.2, 0.25) is 5.91 Å². The molecular weight excluding hydrogens is 374 g/mol. The maximum absolute atomic E-state index is 12.6. The van der Waals surface area contributed by atoms with Crippen LogP contribution in [-0.4, -0.2) is 48.9 Å². The number of carbonyl (C=O) groups excluding carboxylic acids is 2. The zero-order chi connectivity index (χ0) is 21.1. The van der Waals surface area contributed by atoms with Gasteiger partial charge in [-0.1, -0.05) is 24.3 Å². The molecule has 1 aliphatic heterocycles. The van der Waals surface area contributed by atoms with Crippen LogP contribution in [0.5, 0.6) is 0 Å². The van der Waals surface area contributed by atoms with Gasteiger partial charge in [0.05, 0.1) is 0 Å². The van der Waals surface area contributed by atoms with Crippen molar-refractivity contribution in [3.63, 3.8) is 0 Å². The lowest BCUT2D eigenvalue weighted by molar-refractivity contribution is -0.126. The maximum atomic E-state index is 12.6. The fourth-order valence-electron chi connectivity index (χ4n) is 3.76. The minimum Gasteiger partial charge on any atom is -0.368 e. The third kappa shape index (κ3) is 4.73. The smallest absolute Gasteiger partial charge is 0.251 e. The van der Waals surface area contributed by atoms with Crippen molar-refractivity contribution in [3.8, 4) is 0 Å². The first-order chi connectivity index (χ1) is 14.5. The van der Waals surface area contributed by atoms with Crippen LogP contribution < -0.4 is 10.2 Å². The molecule has 30 heavy (non-hydrogen) atoms. The predicted octanol–water partition coefficient (Wildman–Crippen LogP) is 3.56. The minimum absolute atomic E-state index is 0.0224. The first-order valence-electron chi connectivity index (χ1n) is 10.7. The van der Waals surface area contributed by atoms with Crippen LogP contribution in [0.15, 0.2) is 48.5 Å². The molecule has 1 N–H and O–H groups in total. The Morgan fingerprint density at radius 1 is 0.967 bits per heavy atom. The highest BCUT2D eigenvalue weighted by atomic mass is 16.2. The SMILES string of the molecule is Cc1cccc(N2CCN(C(=O)/C=C/c3ccc(C(=O)NC4CC4)cc3)CC2)c1C. The number of piperazine rings is 1. The highest BCUT2D eigenvalue weighted by molar-refractivity contribution is 5.95. The lowest BCUT2D eigenvalue weighted by Gasteiger charge is -2.36. The van der Waals surface area contributed by atoms with E-state index in [1.54, 1.807) is 6.08 Å². The van der Waals surface area contributed by atoms with Gasteiger partial charge >= 0.3 is 0 Å². The van der Waals surface area contributed by atoms with E-state index in [0.717, 1.165) is 44.6 Å². The average molecular weight is 404 g/mol. The number of benzene rings is 2. The van der Waals surface area contributed by atoms with Crippen molar-refractivity contribution in [2.45, 2.75) is 32.7 Å². The zero-order valence-electron chi connectivity index (χ0n) is 17.7. The van der Waals surface area contributed by atoms with Crippen LogP contribution in [0, 0.1) is 13.8 Å². The van der Waals surface area contributed by atoms with Crippen LogP contribution in [0.4, 0.5) is 5.69 Å². The fraction of sp³-hybridized carbons (Fsp3) is 0.360. The van der Waals surface area contributed by atoms with Crippen molar-refractivity contribution in [1.82, 2.24) is 10.2 Å². The molecule has 1 saturated heterocycles. The van der Waals surface area contributed by atoms with Crippen LogP contribution >= 0.6 is 0 Å². The number of anilines is 1. The van der Waals surface area contributed by atoms with Crippen LogP contribution in [0.2, 0.25) is 0 Å². The topological polar surface area (TPSA) is 52.7 Å². The first kappa shape index (κ1) is 20.2. The molecule has 2 aromatic carbocycles. The number of amides is 2. The Balaban J connectivity index is 1.30. The largest absolute Gasteiger partial charge is 0.368 e. The summed E-state index contributed by atoms with van der Waals surface area (Å²) in [6, 6.07) is 14.1. The molecule has 2 aromatic rings. The Morgan fingerprint density at radius 2 is 1.67 bits per heavy atom. The van der Waals surface area contributed by atoms with E-state index in [-0.39, 0.29) is 11.8 Å². The van der Waals surface area contributed by atoms with Gasteiger partial charge in [-0.25, -0.2) is 0 Å². The third-order valence-corrected chi connectivity index (χ3v) is 6.01. The molecule has 2 fully saturated rings. The monoisotopic (exact) mass is 403 g/mol. The highest BCUT2D eigenvalue weighted by Gasteiger charge is 2.24. The molecule has 0 spiro atoms. The number of aryl methyl sites for hydroxylation is 1. The van der Waals surface area contributed by atoms with Crippen molar-refractivity contribution < 1.29 is 9.59 Å². The molecule has 0 radical (unpaired) electrons. The molecule has 0 bridgehead atoms.